The van der Waals surface area contributed by atoms with Gasteiger partial charge < -0.3 is 0 Å². The molecule has 52 valence electrons. The van der Waals surface area contributed by atoms with Crippen LogP contribution in [0.1, 0.15) is 18.2 Å². The summed E-state index contributed by atoms with van der Waals surface area (Å²) in [6.07, 6.45) is 5.88. The molecule has 0 aromatic carbocycles. The van der Waals surface area contributed by atoms with Crippen LogP contribution in [0.4, 0.5) is 0 Å². The van der Waals surface area contributed by atoms with Crippen molar-refractivity contribution in [2.75, 3.05) is 0 Å². The van der Waals surface area contributed by atoms with E-state index in [0.717, 1.165) is 5.69 Å². The normalized spacial score (nSPS) is 10.6. The van der Waals surface area contributed by atoms with Crippen LogP contribution in [0.5, 0.6) is 0 Å². The van der Waals surface area contributed by atoms with E-state index < -0.39 is 0 Å². The van der Waals surface area contributed by atoms with Gasteiger partial charge in [0, 0.05) is 11.9 Å². The lowest BCUT2D eigenvalue weighted by atomic mass is 10.2. The van der Waals surface area contributed by atoms with Crippen LogP contribution in [-0.2, 0) is 0 Å². The summed E-state index contributed by atoms with van der Waals surface area (Å²) in [6, 6.07) is 4.00. The van der Waals surface area contributed by atoms with E-state index >= 15 is 0 Å². The Morgan fingerprint density at radius 2 is 2.30 bits per heavy atom. The highest BCUT2D eigenvalue weighted by molar-refractivity contribution is 5.50. The molecule has 0 unspecified atom stereocenters. The van der Waals surface area contributed by atoms with Crippen LogP contribution in [0.15, 0.2) is 24.4 Å². The first kappa shape index (κ1) is 7.00. The molecule has 0 amide bonds. The van der Waals surface area contributed by atoms with Gasteiger partial charge in [-0.25, -0.2) is 0 Å². The number of pyridine rings is 1. The van der Waals surface area contributed by atoms with Gasteiger partial charge in [-0.15, -0.1) is 0 Å². The molecular weight excluding hydrogens is 122 g/mol. The zero-order chi connectivity index (χ0) is 7.40. The van der Waals surface area contributed by atoms with Gasteiger partial charge in [-0.05, 0) is 25.5 Å². The van der Waals surface area contributed by atoms with Gasteiger partial charge in [0.25, 0.3) is 0 Å². The maximum atomic E-state index is 4.15. The molecule has 1 nitrogen and oxygen atoms in total. The number of aryl methyl sites for hydroxylation is 1. The van der Waals surface area contributed by atoms with Crippen LogP contribution in [0, 0.1) is 6.92 Å². The number of aromatic nitrogens is 1. The molecule has 0 aliphatic heterocycles. The van der Waals surface area contributed by atoms with E-state index in [1.54, 1.807) is 0 Å². The molecule has 0 aliphatic rings. The SMILES string of the molecule is C/C=C/c1cccnc1C. The molecular formula is C9H11N. The zero-order valence-corrected chi connectivity index (χ0v) is 6.33. The Bertz CT molecular complexity index is 238. The van der Waals surface area contributed by atoms with Gasteiger partial charge in [0.15, 0.2) is 0 Å². The highest BCUT2D eigenvalue weighted by Crippen LogP contribution is 2.04. The van der Waals surface area contributed by atoms with Crippen molar-refractivity contribution in [3.8, 4) is 0 Å². The van der Waals surface area contributed by atoms with Crippen molar-refractivity contribution in [3.63, 3.8) is 0 Å². The minimum absolute atomic E-state index is 1.08. The Kier molecular flexibility index (Phi) is 2.21. The van der Waals surface area contributed by atoms with Crippen LogP contribution >= 0.6 is 0 Å². The van der Waals surface area contributed by atoms with Crippen LogP contribution in [-0.4, -0.2) is 4.98 Å². The lowest BCUT2D eigenvalue weighted by molar-refractivity contribution is 1.19. The molecule has 0 fully saturated rings. The predicted molar refractivity (Wildman–Crippen MR) is 43.7 cm³/mol. The second kappa shape index (κ2) is 3.16. The minimum atomic E-state index is 1.08. The van der Waals surface area contributed by atoms with Crippen molar-refractivity contribution in [2.45, 2.75) is 13.8 Å². The lowest BCUT2D eigenvalue weighted by Crippen LogP contribution is -1.82. The first-order valence-electron chi connectivity index (χ1n) is 3.39. The van der Waals surface area contributed by atoms with Gasteiger partial charge >= 0.3 is 0 Å². The van der Waals surface area contributed by atoms with Crippen molar-refractivity contribution < 1.29 is 0 Å². The molecule has 1 heterocycles. The van der Waals surface area contributed by atoms with Crippen molar-refractivity contribution >= 4 is 6.08 Å². The van der Waals surface area contributed by atoms with Crippen molar-refractivity contribution in [3.05, 3.63) is 35.7 Å². The van der Waals surface area contributed by atoms with Crippen LogP contribution in [0.3, 0.4) is 0 Å². The fourth-order valence-corrected chi connectivity index (χ4v) is 0.852. The first-order valence-corrected chi connectivity index (χ1v) is 3.39. The summed E-state index contributed by atoms with van der Waals surface area (Å²) in [4.78, 5) is 4.15. The third kappa shape index (κ3) is 1.44. The molecule has 1 aromatic heterocycles. The third-order valence-corrected chi connectivity index (χ3v) is 1.39. The summed E-state index contributed by atoms with van der Waals surface area (Å²) in [6.45, 7) is 4.02. The number of nitrogens with zero attached hydrogens (tertiary/aromatic N) is 1. The smallest absolute Gasteiger partial charge is 0.0444 e. The first-order chi connectivity index (χ1) is 4.84. The van der Waals surface area contributed by atoms with Gasteiger partial charge in [-0.2, -0.15) is 0 Å². The Morgan fingerprint density at radius 3 is 2.90 bits per heavy atom. The Hall–Kier alpha value is -1.11. The summed E-state index contributed by atoms with van der Waals surface area (Å²) in [5, 5.41) is 0. The summed E-state index contributed by atoms with van der Waals surface area (Å²) in [7, 11) is 0. The molecule has 0 bridgehead atoms. The summed E-state index contributed by atoms with van der Waals surface area (Å²) >= 11 is 0. The van der Waals surface area contributed by atoms with Crippen LogP contribution < -0.4 is 0 Å². The number of hydrogen-bond donors (Lipinski definition) is 0. The fraction of sp³-hybridized carbons (Fsp3) is 0.222. The van der Waals surface area contributed by atoms with E-state index in [2.05, 4.69) is 17.1 Å². The van der Waals surface area contributed by atoms with Crippen molar-refractivity contribution in [2.24, 2.45) is 0 Å². The van der Waals surface area contributed by atoms with Gasteiger partial charge in [-0.3, -0.25) is 4.98 Å². The van der Waals surface area contributed by atoms with Crippen molar-refractivity contribution in [1.29, 1.82) is 0 Å². The second-order valence-electron chi connectivity index (χ2n) is 2.18. The van der Waals surface area contributed by atoms with E-state index in [1.807, 2.05) is 32.2 Å². The highest BCUT2D eigenvalue weighted by atomic mass is 14.7. The average Bonchev–Trinajstić information content (AvgIpc) is 1.94. The topological polar surface area (TPSA) is 12.9 Å². The molecule has 0 atom stereocenters. The van der Waals surface area contributed by atoms with Crippen LogP contribution in [0.2, 0.25) is 0 Å². The maximum Gasteiger partial charge on any atom is 0.0444 e. The second-order valence-corrected chi connectivity index (χ2v) is 2.18. The fourth-order valence-electron chi connectivity index (χ4n) is 0.852. The van der Waals surface area contributed by atoms with Crippen molar-refractivity contribution in [1.82, 2.24) is 4.98 Å². The van der Waals surface area contributed by atoms with E-state index in [1.165, 1.54) is 5.56 Å². The van der Waals surface area contributed by atoms with E-state index in [4.69, 9.17) is 0 Å². The summed E-state index contributed by atoms with van der Waals surface area (Å²) in [5.41, 5.74) is 2.28. The standard InChI is InChI=1S/C9H11N/c1-3-5-9-6-4-7-10-8(9)2/h3-7H,1-2H3/b5-3+. The van der Waals surface area contributed by atoms with Crippen LogP contribution in [0.25, 0.3) is 6.08 Å². The Labute approximate surface area is 61.4 Å². The number of allylic oxidation sites excluding steroid dienone is 1. The predicted octanol–water partition coefficient (Wildman–Crippen LogP) is 2.42. The quantitative estimate of drug-likeness (QED) is 0.573. The van der Waals surface area contributed by atoms with E-state index in [9.17, 15) is 0 Å². The molecule has 1 rings (SSSR count). The van der Waals surface area contributed by atoms with Gasteiger partial charge in [0.05, 0.1) is 0 Å². The number of hydrogen-bond acceptors (Lipinski definition) is 1. The molecule has 0 saturated heterocycles. The molecule has 0 aliphatic carbocycles. The molecule has 1 heteroatoms. The third-order valence-electron chi connectivity index (χ3n) is 1.39. The average molecular weight is 133 g/mol. The highest BCUT2D eigenvalue weighted by Gasteiger charge is 1.89. The minimum Gasteiger partial charge on any atom is -0.261 e. The molecule has 10 heavy (non-hydrogen) atoms. The monoisotopic (exact) mass is 133 g/mol. The maximum absolute atomic E-state index is 4.15. The van der Waals surface area contributed by atoms with E-state index in [0.29, 0.717) is 0 Å². The molecule has 0 radical (unpaired) electrons. The van der Waals surface area contributed by atoms with Gasteiger partial charge in [-0.1, -0.05) is 18.2 Å². The lowest BCUT2D eigenvalue weighted by Gasteiger charge is -1.95. The summed E-state index contributed by atoms with van der Waals surface area (Å²) in [5.74, 6) is 0. The van der Waals surface area contributed by atoms with Gasteiger partial charge in [0.2, 0.25) is 0 Å². The molecule has 0 spiro atoms. The van der Waals surface area contributed by atoms with E-state index in [-0.39, 0.29) is 0 Å². The molecule has 1 aromatic rings. The Morgan fingerprint density at radius 1 is 1.50 bits per heavy atom. The number of rotatable bonds is 1. The largest absolute Gasteiger partial charge is 0.261 e. The zero-order valence-electron chi connectivity index (χ0n) is 6.33. The summed E-state index contributed by atoms with van der Waals surface area (Å²) < 4.78 is 0. The van der Waals surface area contributed by atoms with Gasteiger partial charge in [0.1, 0.15) is 0 Å². The Balaban J connectivity index is 3.03. The molecule has 0 saturated carbocycles. The molecule has 0 N–H and O–H groups in total.